The van der Waals surface area contributed by atoms with E-state index in [0.717, 1.165) is 23.8 Å². The first-order valence-electron chi connectivity index (χ1n) is 4.50. The monoisotopic (exact) mass is 196 g/mol. The molecule has 2 N–H and O–H groups in total. The maximum atomic E-state index is 6.07. The second-order valence-electron chi connectivity index (χ2n) is 3.43. The van der Waals surface area contributed by atoms with Crippen molar-refractivity contribution in [2.75, 3.05) is 18.4 Å². The highest BCUT2D eigenvalue weighted by molar-refractivity contribution is 6.33. The molecule has 1 saturated heterocycles. The third kappa shape index (κ3) is 1.79. The van der Waals surface area contributed by atoms with Crippen molar-refractivity contribution in [1.82, 2.24) is 5.32 Å². The lowest BCUT2D eigenvalue weighted by Crippen LogP contribution is -2.51. The Morgan fingerprint density at radius 3 is 2.77 bits per heavy atom. The van der Waals surface area contributed by atoms with Crippen LogP contribution in [0.1, 0.15) is 5.56 Å². The minimum absolute atomic E-state index is 0.540. The van der Waals surface area contributed by atoms with Crippen LogP contribution in [0.5, 0.6) is 0 Å². The highest BCUT2D eigenvalue weighted by Gasteiger charge is 2.17. The van der Waals surface area contributed by atoms with E-state index in [1.165, 1.54) is 5.56 Å². The number of para-hydroxylation sites is 1. The molecular formula is C10H13ClN2. The first kappa shape index (κ1) is 8.85. The molecule has 1 aliphatic heterocycles. The molecule has 1 aromatic rings. The summed E-state index contributed by atoms with van der Waals surface area (Å²) in [4.78, 5) is 0. The van der Waals surface area contributed by atoms with Crippen LogP contribution in [0.3, 0.4) is 0 Å². The second-order valence-corrected chi connectivity index (χ2v) is 3.84. The van der Waals surface area contributed by atoms with E-state index in [9.17, 15) is 0 Å². The van der Waals surface area contributed by atoms with E-state index >= 15 is 0 Å². The van der Waals surface area contributed by atoms with Gasteiger partial charge in [0.25, 0.3) is 0 Å². The van der Waals surface area contributed by atoms with Gasteiger partial charge in [-0.25, -0.2) is 0 Å². The predicted molar refractivity (Wildman–Crippen MR) is 56.5 cm³/mol. The van der Waals surface area contributed by atoms with Crippen molar-refractivity contribution in [1.29, 1.82) is 0 Å². The fourth-order valence-electron chi connectivity index (χ4n) is 1.41. The molecule has 0 radical (unpaired) electrons. The van der Waals surface area contributed by atoms with Crippen LogP contribution in [0.4, 0.5) is 5.69 Å². The third-order valence-electron chi connectivity index (χ3n) is 2.35. The highest BCUT2D eigenvalue weighted by atomic mass is 35.5. The van der Waals surface area contributed by atoms with Crippen molar-refractivity contribution < 1.29 is 0 Å². The summed E-state index contributed by atoms with van der Waals surface area (Å²) in [7, 11) is 0. The molecule has 13 heavy (non-hydrogen) atoms. The van der Waals surface area contributed by atoms with E-state index in [0.29, 0.717) is 6.04 Å². The third-order valence-corrected chi connectivity index (χ3v) is 2.67. The summed E-state index contributed by atoms with van der Waals surface area (Å²) < 4.78 is 0. The van der Waals surface area contributed by atoms with E-state index in [-0.39, 0.29) is 0 Å². The Morgan fingerprint density at radius 2 is 2.23 bits per heavy atom. The van der Waals surface area contributed by atoms with Gasteiger partial charge in [0.2, 0.25) is 0 Å². The molecule has 3 heteroatoms. The summed E-state index contributed by atoms with van der Waals surface area (Å²) >= 11 is 6.07. The molecule has 0 aromatic heterocycles. The maximum absolute atomic E-state index is 6.07. The molecular weight excluding hydrogens is 184 g/mol. The minimum atomic E-state index is 0.540. The van der Waals surface area contributed by atoms with Crippen molar-refractivity contribution in [2.24, 2.45) is 0 Å². The molecule has 1 heterocycles. The SMILES string of the molecule is Cc1cccc(Cl)c1NC1CNC1. The molecule has 0 bridgehead atoms. The van der Waals surface area contributed by atoms with Crippen molar-refractivity contribution >= 4 is 17.3 Å². The van der Waals surface area contributed by atoms with Gasteiger partial charge in [-0.1, -0.05) is 23.7 Å². The zero-order valence-electron chi connectivity index (χ0n) is 7.60. The molecule has 70 valence electrons. The van der Waals surface area contributed by atoms with Gasteiger partial charge in [-0.3, -0.25) is 0 Å². The second kappa shape index (κ2) is 3.56. The lowest BCUT2D eigenvalue weighted by molar-refractivity contribution is 0.472. The summed E-state index contributed by atoms with van der Waals surface area (Å²) in [6.07, 6.45) is 0. The molecule has 0 spiro atoms. The van der Waals surface area contributed by atoms with Crippen LogP contribution in [-0.4, -0.2) is 19.1 Å². The standard InChI is InChI=1S/C10H13ClN2/c1-7-3-2-4-9(11)10(7)13-8-5-12-6-8/h2-4,8,12-13H,5-6H2,1H3. The van der Waals surface area contributed by atoms with Gasteiger partial charge >= 0.3 is 0 Å². The Morgan fingerprint density at radius 1 is 1.46 bits per heavy atom. The molecule has 0 saturated carbocycles. The fourth-order valence-corrected chi connectivity index (χ4v) is 1.69. The number of hydrogen-bond acceptors (Lipinski definition) is 2. The van der Waals surface area contributed by atoms with Gasteiger partial charge in [0.15, 0.2) is 0 Å². The van der Waals surface area contributed by atoms with Crippen molar-refractivity contribution in [3.63, 3.8) is 0 Å². The average Bonchev–Trinajstić information content (AvgIpc) is 2.00. The summed E-state index contributed by atoms with van der Waals surface area (Å²) in [5.41, 5.74) is 2.29. The smallest absolute Gasteiger partial charge is 0.0640 e. The van der Waals surface area contributed by atoms with E-state index in [2.05, 4.69) is 23.6 Å². The number of halogens is 1. The predicted octanol–water partition coefficient (Wildman–Crippen LogP) is 2.03. The quantitative estimate of drug-likeness (QED) is 0.757. The largest absolute Gasteiger partial charge is 0.378 e. The van der Waals surface area contributed by atoms with Crippen LogP contribution < -0.4 is 10.6 Å². The van der Waals surface area contributed by atoms with Crippen molar-refractivity contribution in [3.05, 3.63) is 28.8 Å². The number of benzene rings is 1. The van der Waals surface area contributed by atoms with E-state index in [1.807, 2.05) is 12.1 Å². The van der Waals surface area contributed by atoms with Crippen LogP contribution in [0, 0.1) is 6.92 Å². The number of rotatable bonds is 2. The molecule has 1 fully saturated rings. The van der Waals surface area contributed by atoms with E-state index in [4.69, 9.17) is 11.6 Å². The van der Waals surface area contributed by atoms with Gasteiger partial charge in [-0.15, -0.1) is 0 Å². The molecule has 2 rings (SSSR count). The number of anilines is 1. The summed E-state index contributed by atoms with van der Waals surface area (Å²) in [5.74, 6) is 0. The lowest BCUT2D eigenvalue weighted by atomic mass is 10.1. The molecule has 2 nitrogen and oxygen atoms in total. The van der Waals surface area contributed by atoms with Gasteiger partial charge in [-0.05, 0) is 18.6 Å². The average molecular weight is 197 g/mol. The highest BCUT2D eigenvalue weighted by Crippen LogP contribution is 2.26. The van der Waals surface area contributed by atoms with Crippen LogP contribution in [0.15, 0.2) is 18.2 Å². The lowest BCUT2D eigenvalue weighted by Gasteiger charge is -2.30. The fraction of sp³-hybridized carbons (Fsp3) is 0.400. The zero-order valence-corrected chi connectivity index (χ0v) is 8.36. The molecule has 1 aromatic carbocycles. The Labute approximate surface area is 83.3 Å². The Hall–Kier alpha value is -0.730. The summed E-state index contributed by atoms with van der Waals surface area (Å²) in [6.45, 7) is 4.13. The molecule has 0 amide bonds. The van der Waals surface area contributed by atoms with Crippen LogP contribution in [0.2, 0.25) is 5.02 Å². The Bertz CT molecular complexity index is 288. The molecule has 0 atom stereocenters. The number of aryl methyl sites for hydroxylation is 1. The topological polar surface area (TPSA) is 24.1 Å². The Kier molecular flexibility index (Phi) is 2.42. The van der Waals surface area contributed by atoms with Gasteiger partial charge in [0, 0.05) is 13.1 Å². The molecule has 0 aliphatic carbocycles. The Balaban J connectivity index is 2.17. The molecule has 0 unspecified atom stereocenters. The zero-order chi connectivity index (χ0) is 9.26. The summed E-state index contributed by atoms with van der Waals surface area (Å²) in [5, 5.41) is 7.45. The van der Waals surface area contributed by atoms with Gasteiger partial charge in [0.05, 0.1) is 16.8 Å². The normalized spacial score (nSPS) is 16.8. The van der Waals surface area contributed by atoms with Crippen LogP contribution >= 0.6 is 11.6 Å². The summed E-state index contributed by atoms with van der Waals surface area (Å²) in [6, 6.07) is 6.50. The number of nitrogens with one attached hydrogen (secondary N) is 2. The van der Waals surface area contributed by atoms with Gasteiger partial charge in [-0.2, -0.15) is 0 Å². The molecule has 1 aliphatic rings. The first-order valence-corrected chi connectivity index (χ1v) is 4.87. The maximum Gasteiger partial charge on any atom is 0.0640 e. The van der Waals surface area contributed by atoms with E-state index < -0.39 is 0 Å². The van der Waals surface area contributed by atoms with Crippen molar-refractivity contribution in [2.45, 2.75) is 13.0 Å². The van der Waals surface area contributed by atoms with E-state index in [1.54, 1.807) is 0 Å². The van der Waals surface area contributed by atoms with Crippen LogP contribution in [0.25, 0.3) is 0 Å². The van der Waals surface area contributed by atoms with Crippen LogP contribution in [-0.2, 0) is 0 Å². The minimum Gasteiger partial charge on any atom is -0.378 e. The van der Waals surface area contributed by atoms with Crippen molar-refractivity contribution in [3.8, 4) is 0 Å². The first-order chi connectivity index (χ1) is 6.27. The van der Waals surface area contributed by atoms with Gasteiger partial charge in [0.1, 0.15) is 0 Å². The number of hydrogen-bond donors (Lipinski definition) is 2. The van der Waals surface area contributed by atoms with Gasteiger partial charge < -0.3 is 10.6 Å².